The van der Waals surface area contributed by atoms with E-state index in [9.17, 15) is 9.59 Å². The molecule has 8 heteroatoms. The number of carbonyl (C=O) groups excluding carboxylic acids is 1. The Morgan fingerprint density at radius 1 is 1.09 bits per heavy atom. The minimum Gasteiger partial charge on any atom is -0.497 e. The van der Waals surface area contributed by atoms with Crippen molar-refractivity contribution in [2.24, 2.45) is 0 Å². The van der Waals surface area contributed by atoms with Gasteiger partial charge in [0.2, 0.25) is 5.91 Å². The van der Waals surface area contributed by atoms with Gasteiger partial charge in [-0.3, -0.25) is 4.79 Å². The maximum atomic E-state index is 13.0. The van der Waals surface area contributed by atoms with E-state index in [1.165, 1.54) is 7.11 Å². The molecule has 0 bridgehead atoms. The van der Waals surface area contributed by atoms with Crippen molar-refractivity contribution in [1.82, 2.24) is 0 Å². The SMILES string of the molecule is COc1ccc(NC(=O)Cc2c(C)c3c(OC)cc4c(c3oc2=O)CCC(C)(C)O4)c(OC)c1. The van der Waals surface area contributed by atoms with Crippen LogP contribution in [-0.2, 0) is 17.6 Å². The lowest BCUT2D eigenvalue weighted by Gasteiger charge is -2.33. The highest BCUT2D eigenvalue weighted by Gasteiger charge is 2.31. The van der Waals surface area contributed by atoms with Crippen LogP contribution in [0.4, 0.5) is 5.69 Å². The van der Waals surface area contributed by atoms with Crippen LogP contribution in [0.15, 0.2) is 33.5 Å². The van der Waals surface area contributed by atoms with E-state index in [4.69, 9.17) is 23.4 Å². The first-order valence-corrected chi connectivity index (χ1v) is 11.0. The predicted octanol–water partition coefficient (Wildman–Crippen LogP) is 4.41. The van der Waals surface area contributed by atoms with Crippen LogP contribution in [0.3, 0.4) is 0 Å². The zero-order valence-corrected chi connectivity index (χ0v) is 20.3. The number of ether oxygens (including phenoxy) is 4. The fraction of sp³-hybridized carbons (Fsp3) is 0.385. The van der Waals surface area contributed by atoms with Crippen LogP contribution in [0.1, 0.15) is 37.0 Å². The first-order valence-electron chi connectivity index (χ1n) is 11.0. The summed E-state index contributed by atoms with van der Waals surface area (Å²) >= 11 is 0. The van der Waals surface area contributed by atoms with Gasteiger partial charge in [-0.1, -0.05) is 0 Å². The van der Waals surface area contributed by atoms with E-state index in [1.807, 2.05) is 19.9 Å². The molecule has 0 radical (unpaired) electrons. The molecular formula is C26H29NO7. The van der Waals surface area contributed by atoms with Crippen LogP contribution < -0.4 is 29.9 Å². The molecule has 4 rings (SSSR count). The average Bonchev–Trinajstić information content (AvgIpc) is 2.80. The number of benzene rings is 2. The van der Waals surface area contributed by atoms with Crippen LogP contribution in [0.5, 0.6) is 23.0 Å². The molecule has 0 fully saturated rings. The Labute approximate surface area is 197 Å². The minimum atomic E-state index is -0.554. The number of carbonyl (C=O) groups is 1. The molecule has 0 saturated carbocycles. The summed E-state index contributed by atoms with van der Waals surface area (Å²) in [5, 5.41) is 3.47. The highest BCUT2D eigenvalue weighted by Crippen LogP contribution is 2.43. The Morgan fingerprint density at radius 3 is 2.50 bits per heavy atom. The van der Waals surface area contributed by atoms with Gasteiger partial charge in [0, 0.05) is 17.7 Å². The van der Waals surface area contributed by atoms with E-state index >= 15 is 0 Å². The third kappa shape index (κ3) is 4.27. The molecule has 1 amide bonds. The van der Waals surface area contributed by atoms with E-state index in [-0.39, 0.29) is 23.5 Å². The fourth-order valence-electron chi connectivity index (χ4n) is 4.30. The predicted molar refractivity (Wildman–Crippen MR) is 129 cm³/mol. The number of anilines is 1. The summed E-state index contributed by atoms with van der Waals surface area (Å²) in [5.41, 5.74) is 1.81. The average molecular weight is 468 g/mol. The zero-order chi connectivity index (χ0) is 24.6. The Hall–Kier alpha value is -3.68. The first-order chi connectivity index (χ1) is 16.2. The largest absolute Gasteiger partial charge is 0.497 e. The molecular weight excluding hydrogens is 438 g/mol. The summed E-state index contributed by atoms with van der Waals surface area (Å²) in [6.07, 6.45) is 1.34. The normalized spacial score (nSPS) is 14.2. The van der Waals surface area contributed by atoms with Crippen molar-refractivity contribution in [3.63, 3.8) is 0 Å². The van der Waals surface area contributed by atoms with Crippen molar-refractivity contribution in [3.8, 4) is 23.0 Å². The molecule has 2 aromatic carbocycles. The van der Waals surface area contributed by atoms with Gasteiger partial charge < -0.3 is 28.7 Å². The summed E-state index contributed by atoms with van der Waals surface area (Å²) < 4.78 is 28.0. The summed E-state index contributed by atoms with van der Waals surface area (Å²) in [6.45, 7) is 5.85. The van der Waals surface area contributed by atoms with Gasteiger partial charge in [0.15, 0.2) is 0 Å². The van der Waals surface area contributed by atoms with Crippen LogP contribution >= 0.6 is 0 Å². The van der Waals surface area contributed by atoms with Gasteiger partial charge in [-0.2, -0.15) is 0 Å². The summed E-state index contributed by atoms with van der Waals surface area (Å²) in [7, 11) is 4.61. The molecule has 0 saturated heterocycles. The molecule has 180 valence electrons. The van der Waals surface area contributed by atoms with Crippen molar-refractivity contribution >= 4 is 22.6 Å². The lowest BCUT2D eigenvalue weighted by molar-refractivity contribution is -0.115. The number of methoxy groups -OCH3 is 3. The Kier molecular flexibility index (Phi) is 6.17. The molecule has 3 aromatic rings. The standard InChI is InChI=1S/C26H29NO7/c1-14-17(12-22(28)27-18-8-7-15(30-4)11-20(18)31-5)25(29)33-24-16-9-10-26(2,3)34-19(16)13-21(32-6)23(14)24/h7-8,11,13H,9-10,12H2,1-6H3,(H,27,28). The van der Waals surface area contributed by atoms with Crippen molar-refractivity contribution < 1.29 is 28.2 Å². The molecule has 1 aliphatic heterocycles. The number of rotatable bonds is 6. The topological polar surface area (TPSA) is 96.2 Å². The summed E-state index contributed by atoms with van der Waals surface area (Å²) in [4.78, 5) is 25.9. The second-order valence-corrected chi connectivity index (χ2v) is 8.91. The number of hydrogen-bond acceptors (Lipinski definition) is 7. The highest BCUT2D eigenvalue weighted by atomic mass is 16.5. The second kappa shape index (κ2) is 8.93. The molecule has 2 heterocycles. The van der Waals surface area contributed by atoms with Crippen molar-refractivity contribution in [2.45, 2.75) is 45.6 Å². The number of nitrogens with one attached hydrogen (secondary N) is 1. The second-order valence-electron chi connectivity index (χ2n) is 8.91. The van der Waals surface area contributed by atoms with Crippen molar-refractivity contribution in [1.29, 1.82) is 0 Å². The van der Waals surface area contributed by atoms with E-state index < -0.39 is 5.63 Å². The van der Waals surface area contributed by atoms with Crippen LogP contribution in [0.2, 0.25) is 0 Å². The lowest BCUT2D eigenvalue weighted by Crippen LogP contribution is -2.32. The van der Waals surface area contributed by atoms with Crippen LogP contribution in [0.25, 0.3) is 11.0 Å². The Balaban J connectivity index is 1.72. The molecule has 1 aromatic heterocycles. The number of fused-ring (bicyclic) bond motifs is 3. The van der Waals surface area contributed by atoms with E-state index in [0.29, 0.717) is 51.6 Å². The van der Waals surface area contributed by atoms with Gasteiger partial charge in [0.25, 0.3) is 0 Å². The molecule has 0 aliphatic carbocycles. The quantitative estimate of drug-likeness (QED) is 0.537. The molecule has 0 atom stereocenters. The summed E-state index contributed by atoms with van der Waals surface area (Å²) in [6, 6.07) is 6.90. The van der Waals surface area contributed by atoms with Gasteiger partial charge >= 0.3 is 5.63 Å². The van der Waals surface area contributed by atoms with Crippen LogP contribution in [-0.4, -0.2) is 32.8 Å². The van der Waals surface area contributed by atoms with E-state index in [2.05, 4.69) is 5.32 Å². The van der Waals surface area contributed by atoms with Gasteiger partial charge in [0.1, 0.15) is 34.2 Å². The maximum absolute atomic E-state index is 13.0. The van der Waals surface area contributed by atoms with E-state index in [1.54, 1.807) is 39.3 Å². The maximum Gasteiger partial charge on any atom is 0.340 e. The fourth-order valence-corrected chi connectivity index (χ4v) is 4.30. The van der Waals surface area contributed by atoms with Crippen LogP contribution in [0, 0.1) is 6.92 Å². The smallest absolute Gasteiger partial charge is 0.340 e. The number of amides is 1. The van der Waals surface area contributed by atoms with Gasteiger partial charge in [-0.25, -0.2) is 4.79 Å². The monoisotopic (exact) mass is 467 g/mol. The Morgan fingerprint density at radius 2 is 1.82 bits per heavy atom. The highest BCUT2D eigenvalue weighted by molar-refractivity contribution is 5.96. The molecule has 1 N–H and O–H groups in total. The minimum absolute atomic E-state index is 0.164. The molecule has 0 spiro atoms. The van der Waals surface area contributed by atoms with Crippen molar-refractivity contribution in [3.05, 3.63) is 51.4 Å². The number of aryl methyl sites for hydroxylation is 2. The van der Waals surface area contributed by atoms with Crippen molar-refractivity contribution in [2.75, 3.05) is 26.6 Å². The third-order valence-corrected chi connectivity index (χ3v) is 6.18. The lowest BCUT2D eigenvalue weighted by atomic mass is 9.91. The third-order valence-electron chi connectivity index (χ3n) is 6.18. The van der Waals surface area contributed by atoms with Gasteiger partial charge in [-0.05, 0) is 51.3 Å². The van der Waals surface area contributed by atoms with E-state index in [0.717, 1.165) is 12.0 Å². The molecule has 1 aliphatic rings. The molecule has 34 heavy (non-hydrogen) atoms. The molecule has 0 unspecified atom stereocenters. The first kappa shape index (κ1) is 23.5. The summed E-state index contributed by atoms with van der Waals surface area (Å²) in [5.74, 6) is 1.86. The zero-order valence-electron chi connectivity index (χ0n) is 20.3. The molecule has 8 nitrogen and oxygen atoms in total. The Bertz CT molecular complexity index is 1320. The van der Waals surface area contributed by atoms with Gasteiger partial charge in [-0.15, -0.1) is 0 Å². The number of hydrogen-bond donors (Lipinski definition) is 1. The van der Waals surface area contributed by atoms with Gasteiger partial charge in [0.05, 0.1) is 44.4 Å².